The lowest BCUT2D eigenvalue weighted by molar-refractivity contribution is 0.332. The van der Waals surface area contributed by atoms with Crippen molar-refractivity contribution in [1.82, 2.24) is 0 Å². The van der Waals surface area contributed by atoms with Crippen LogP contribution in [0.25, 0.3) is 43.5 Å². The largest absolute Gasteiger partial charge is 0.453 e. The van der Waals surface area contributed by atoms with E-state index in [0.29, 0.717) is 0 Å². The maximum Gasteiger partial charge on any atom is 0.334 e. The molecule has 12 rings (SSSR count). The van der Waals surface area contributed by atoms with Crippen LogP contribution in [0.15, 0.2) is 146 Å². The average Bonchev–Trinajstić information content (AvgIpc) is 3.64. The first-order chi connectivity index (χ1) is 29.4. The minimum absolute atomic E-state index is 0.0198. The Bertz CT molecular complexity index is 3120. The first-order valence-electron chi connectivity index (χ1n) is 21.9. The highest BCUT2D eigenvalue weighted by Crippen LogP contribution is 2.58. The number of para-hydroxylation sites is 3. The maximum atomic E-state index is 6.82. The van der Waals surface area contributed by atoms with Crippen molar-refractivity contribution in [2.24, 2.45) is 0 Å². The van der Waals surface area contributed by atoms with Crippen molar-refractivity contribution in [2.45, 2.75) is 77.6 Å². The zero-order valence-electron chi connectivity index (χ0n) is 36.1. The van der Waals surface area contributed by atoms with Gasteiger partial charge in [-0.25, -0.2) is 0 Å². The van der Waals surface area contributed by atoms with Gasteiger partial charge in [-0.05, 0) is 139 Å². The van der Waals surface area contributed by atoms with Gasteiger partial charge in [0.1, 0.15) is 5.75 Å². The van der Waals surface area contributed by atoms with E-state index in [2.05, 4.69) is 204 Å². The zero-order chi connectivity index (χ0) is 41.6. The summed E-state index contributed by atoms with van der Waals surface area (Å²) in [6.45, 7) is 16.7. The molecule has 0 amide bonds. The summed E-state index contributed by atoms with van der Waals surface area (Å²) in [5, 5.41) is 2.65. The van der Waals surface area contributed by atoms with Gasteiger partial charge >= 0.3 is 6.85 Å². The molecule has 3 nitrogen and oxygen atoms in total. The third-order valence-electron chi connectivity index (χ3n) is 14.3. The summed E-state index contributed by atoms with van der Waals surface area (Å²) in [6, 6.07) is 54.6. The second-order valence-electron chi connectivity index (χ2n) is 20.0. The van der Waals surface area contributed by atoms with Gasteiger partial charge in [0.25, 0.3) is 0 Å². The fraction of sp³-hybridized carbons (Fsp3) is 0.214. The molecule has 0 spiro atoms. The van der Waals surface area contributed by atoms with Crippen LogP contribution in [0, 0.1) is 0 Å². The van der Waals surface area contributed by atoms with Gasteiger partial charge in [0.05, 0.1) is 22.1 Å². The molecule has 3 aliphatic heterocycles. The van der Waals surface area contributed by atoms with Gasteiger partial charge in [-0.3, -0.25) is 0 Å². The molecule has 0 fully saturated rings. The van der Waals surface area contributed by atoms with Gasteiger partial charge in [-0.15, -0.1) is 11.3 Å². The summed E-state index contributed by atoms with van der Waals surface area (Å²) in [6.07, 6.45) is 2.35. The third-order valence-corrected chi connectivity index (χ3v) is 15.4. The summed E-state index contributed by atoms with van der Waals surface area (Å²) < 4.78 is 8.17. The first kappa shape index (κ1) is 36.8. The van der Waals surface area contributed by atoms with Crippen LogP contribution in [0.2, 0.25) is 0 Å². The first-order valence-corrected chi connectivity index (χ1v) is 22.7. The topological polar surface area (TPSA) is 15.7 Å². The number of ether oxygens (including phenoxy) is 1. The Hall–Kier alpha value is -6.04. The summed E-state index contributed by atoms with van der Waals surface area (Å²) >= 11 is 1.97. The zero-order valence-corrected chi connectivity index (χ0v) is 36.9. The smallest absolute Gasteiger partial charge is 0.334 e. The predicted molar refractivity (Wildman–Crippen MR) is 260 cm³/mol. The Balaban J connectivity index is 1.26. The molecular weight excluding hydrogens is 760 g/mol. The lowest BCUT2D eigenvalue weighted by Crippen LogP contribution is -2.61. The third kappa shape index (κ3) is 5.35. The molecule has 0 unspecified atom stereocenters. The Morgan fingerprint density at radius 2 is 1.23 bits per heavy atom. The average molecular weight is 809 g/mol. The molecule has 298 valence electrons. The van der Waals surface area contributed by atoms with Crippen molar-refractivity contribution in [3.8, 4) is 44.9 Å². The number of nitrogens with zero attached hydrogens (tertiary/aromatic N) is 2. The van der Waals surface area contributed by atoms with Crippen LogP contribution in [-0.4, -0.2) is 6.85 Å². The van der Waals surface area contributed by atoms with Crippen LogP contribution in [0.4, 0.5) is 27.8 Å². The van der Waals surface area contributed by atoms with E-state index in [-0.39, 0.29) is 23.1 Å². The van der Waals surface area contributed by atoms with Crippen LogP contribution >= 0.6 is 11.3 Å². The lowest BCUT2D eigenvalue weighted by atomic mass is 9.43. The molecular formula is C56H49BN2OS. The number of hydrogen-bond donors (Lipinski definition) is 0. The van der Waals surface area contributed by atoms with Gasteiger partial charge in [-0.1, -0.05) is 139 Å². The number of anilines is 5. The van der Waals surface area contributed by atoms with E-state index in [1.54, 1.807) is 0 Å². The van der Waals surface area contributed by atoms with Crippen molar-refractivity contribution in [3.63, 3.8) is 0 Å². The molecule has 0 radical (unpaired) electrons. The van der Waals surface area contributed by atoms with E-state index in [1.807, 2.05) is 11.3 Å². The second-order valence-corrected chi connectivity index (χ2v) is 21.0. The molecule has 61 heavy (non-hydrogen) atoms. The summed E-state index contributed by atoms with van der Waals surface area (Å²) in [5.74, 6) is 1.80. The van der Waals surface area contributed by atoms with Crippen LogP contribution in [-0.2, 0) is 16.2 Å². The molecule has 0 saturated heterocycles. The molecule has 5 heteroatoms. The van der Waals surface area contributed by atoms with Crippen LogP contribution in [0.1, 0.15) is 78.0 Å². The molecule has 4 heterocycles. The normalized spacial score (nSPS) is 16.3. The van der Waals surface area contributed by atoms with Crippen LogP contribution in [0.5, 0.6) is 11.5 Å². The highest BCUT2D eigenvalue weighted by molar-refractivity contribution is 7.26. The van der Waals surface area contributed by atoms with Crippen molar-refractivity contribution >= 4 is 66.9 Å². The second kappa shape index (κ2) is 12.8. The molecule has 8 aromatic rings. The van der Waals surface area contributed by atoms with E-state index < -0.39 is 0 Å². The van der Waals surface area contributed by atoms with E-state index in [1.165, 1.54) is 100 Å². The molecule has 7 aromatic carbocycles. The molecule has 0 atom stereocenters. The van der Waals surface area contributed by atoms with Gasteiger partial charge < -0.3 is 14.4 Å². The summed E-state index contributed by atoms with van der Waals surface area (Å²) in [7, 11) is 0. The lowest BCUT2D eigenvalue weighted by Gasteiger charge is -2.47. The molecule has 4 aliphatic rings. The van der Waals surface area contributed by atoms with Gasteiger partial charge in [0.15, 0.2) is 5.75 Å². The molecule has 0 saturated carbocycles. The van der Waals surface area contributed by atoms with E-state index in [0.717, 1.165) is 22.9 Å². The van der Waals surface area contributed by atoms with Crippen molar-refractivity contribution in [2.75, 3.05) is 9.71 Å². The van der Waals surface area contributed by atoms with Crippen molar-refractivity contribution in [3.05, 3.63) is 162 Å². The maximum absolute atomic E-state index is 6.82. The Morgan fingerprint density at radius 3 is 1.97 bits per heavy atom. The minimum Gasteiger partial charge on any atom is -0.453 e. The number of hydrogen-bond acceptors (Lipinski definition) is 4. The minimum atomic E-state index is -0.0969. The van der Waals surface area contributed by atoms with E-state index >= 15 is 0 Å². The number of benzene rings is 7. The number of fused-ring (bicyclic) bond motifs is 9. The molecule has 0 bridgehead atoms. The Morgan fingerprint density at radius 1 is 0.557 bits per heavy atom. The van der Waals surface area contributed by atoms with E-state index in [4.69, 9.17) is 4.74 Å². The SMILES string of the molecule is CC(C)(C)c1ccc(N2c3cc(-c4ccccc4)cc4c3B(c3c2sc2cc5c(cc32)C(C)(C)CCC5(C)C)N2c3ccccc3Oc3cccc-4c32)c(-c2ccccc2)c1. The fourth-order valence-electron chi connectivity index (χ4n) is 10.8. The van der Waals surface area contributed by atoms with Crippen LogP contribution < -0.4 is 25.4 Å². The highest BCUT2D eigenvalue weighted by Gasteiger charge is 2.50. The quantitative estimate of drug-likeness (QED) is 0.165. The highest BCUT2D eigenvalue weighted by atomic mass is 32.1. The standard InChI is InChI=1S/C56H49BN2OS/c1-54(2,3)37-25-26-44(39(31-37)35-19-12-9-13-20-35)58-46-30-36(34-17-10-8-11-18-34)29-40-38-21-16-24-48-52(38)59(45-22-14-15-23-47(45)60-48)57(50(40)46)51-41-32-42-43(33-49(41)61-53(51)58)56(6,7)28-27-55(42,4)5/h8-26,29-33H,27-28H2,1-7H3. The molecule has 0 N–H and O–H groups in total. The van der Waals surface area contributed by atoms with E-state index in [9.17, 15) is 0 Å². The Kier molecular flexibility index (Phi) is 7.69. The van der Waals surface area contributed by atoms with Crippen molar-refractivity contribution in [1.29, 1.82) is 0 Å². The number of rotatable bonds is 3. The summed E-state index contributed by atoms with van der Waals surface area (Å²) in [5.41, 5.74) is 19.2. The summed E-state index contributed by atoms with van der Waals surface area (Å²) in [4.78, 5) is 5.29. The van der Waals surface area contributed by atoms with Gasteiger partial charge in [-0.2, -0.15) is 0 Å². The van der Waals surface area contributed by atoms with Gasteiger partial charge in [0, 0.05) is 21.5 Å². The monoisotopic (exact) mass is 808 g/mol. The molecule has 1 aliphatic carbocycles. The predicted octanol–water partition coefficient (Wildman–Crippen LogP) is 14.7. The van der Waals surface area contributed by atoms with Crippen LogP contribution in [0.3, 0.4) is 0 Å². The molecule has 1 aromatic heterocycles. The number of thiophene rings is 1. The van der Waals surface area contributed by atoms with Gasteiger partial charge in [0.2, 0.25) is 0 Å². The fourth-order valence-corrected chi connectivity index (χ4v) is 12.1. The Labute approximate surface area is 364 Å². The van der Waals surface area contributed by atoms with Crippen molar-refractivity contribution < 1.29 is 4.74 Å².